The number of sulfone groups is 1. The first-order chi connectivity index (χ1) is 11.9. The van der Waals surface area contributed by atoms with Gasteiger partial charge in [-0.3, -0.25) is 4.90 Å². The normalized spacial score (nSPS) is 25.7. The van der Waals surface area contributed by atoms with Crippen LogP contribution in [0.15, 0.2) is 17.2 Å². The van der Waals surface area contributed by atoms with Gasteiger partial charge in [0.05, 0.1) is 12.3 Å². The number of nitrogens with one attached hydrogen (secondary N) is 1. The molecule has 0 aromatic carbocycles. The average molecular weight is 368 g/mol. The van der Waals surface area contributed by atoms with Gasteiger partial charge in [-0.1, -0.05) is 0 Å². The Morgan fingerprint density at radius 3 is 2.48 bits per heavy atom. The summed E-state index contributed by atoms with van der Waals surface area (Å²) in [5.41, 5.74) is 0.637. The maximum atomic E-state index is 11.6. The second-order valence-corrected chi connectivity index (χ2v) is 9.24. The number of ether oxygens (including phenoxy) is 1. The van der Waals surface area contributed by atoms with Crippen molar-refractivity contribution in [1.82, 2.24) is 15.2 Å². The smallest absolute Gasteiger partial charge is 0.192 e. The molecule has 1 N–H and O–H groups in total. The van der Waals surface area contributed by atoms with E-state index in [1.807, 2.05) is 0 Å². The molecule has 3 rings (SSSR count). The quantitative estimate of drug-likeness (QED) is 0.853. The fourth-order valence-electron chi connectivity index (χ4n) is 3.82. The van der Waals surface area contributed by atoms with Crippen LogP contribution in [0.5, 0.6) is 5.75 Å². The molecule has 25 heavy (non-hydrogen) atoms. The third kappa shape index (κ3) is 4.92. The molecule has 0 atom stereocenters. The van der Waals surface area contributed by atoms with Crippen molar-refractivity contribution in [1.29, 1.82) is 0 Å². The molecule has 1 aromatic heterocycles. The third-order valence-electron chi connectivity index (χ3n) is 5.35. The number of pyridine rings is 1. The predicted octanol–water partition coefficient (Wildman–Crippen LogP) is 1.64. The lowest BCUT2D eigenvalue weighted by Gasteiger charge is -2.39. The minimum absolute atomic E-state index is 0.105. The Kier molecular flexibility index (Phi) is 5.96. The van der Waals surface area contributed by atoms with Gasteiger partial charge in [-0.25, -0.2) is 13.4 Å². The van der Waals surface area contributed by atoms with E-state index in [9.17, 15) is 8.42 Å². The highest BCUT2D eigenvalue weighted by molar-refractivity contribution is 7.90. The van der Waals surface area contributed by atoms with E-state index in [0.29, 0.717) is 24.0 Å². The summed E-state index contributed by atoms with van der Waals surface area (Å²) in [5, 5.41) is 3.52. The summed E-state index contributed by atoms with van der Waals surface area (Å²) >= 11 is 0. The Bertz CT molecular complexity index is 679. The van der Waals surface area contributed by atoms with Gasteiger partial charge in [-0.15, -0.1) is 0 Å². The van der Waals surface area contributed by atoms with Crippen LogP contribution in [0.4, 0.5) is 0 Å². The summed E-state index contributed by atoms with van der Waals surface area (Å²) < 4.78 is 29.0. The second-order valence-electron chi connectivity index (χ2n) is 7.28. The summed E-state index contributed by atoms with van der Waals surface area (Å²) in [6.45, 7) is 7.05. The Morgan fingerprint density at radius 1 is 1.20 bits per heavy atom. The molecule has 6 nitrogen and oxygen atoms in total. The van der Waals surface area contributed by atoms with Crippen molar-refractivity contribution in [3.05, 3.63) is 17.8 Å². The summed E-state index contributed by atoms with van der Waals surface area (Å²) in [6, 6.07) is 3.99. The third-order valence-corrected chi connectivity index (χ3v) is 6.34. The molecule has 0 amide bonds. The maximum Gasteiger partial charge on any atom is 0.192 e. The molecule has 1 saturated carbocycles. The Hall–Kier alpha value is -1.18. The van der Waals surface area contributed by atoms with E-state index < -0.39 is 9.84 Å². The molecule has 0 radical (unpaired) electrons. The average Bonchev–Trinajstić information content (AvgIpc) is 2.61. The van der Waals surface area contributed by atoms with Crippen LogP contribution in [-0.4, -0.2) is 63.4 Å². The fourth-order valence-corrected chi connectivity index (χ4v) is 4.43. The zero-order valence-corrected chi connectivity index (χ0v) is 16.0. The SMILES string of the molecule is Cc1nc(S(C)(=O)=O)ccc1OCC1CCC(N2CCNCC2)CC1. The molecule has 7 heteroatoms. The number of nitrogens with zero attached hydrogens (tertiary/aromatic N) is 2. The topological polar surface area (TPSA) is 71.5 Å². The molecule has 1 aromatic rings. The van der Waals surface area contributed by atoms with Gasteiger partial charge in [0.2, 0.25) is 0 Å². The van der Waals surface area contributed by atoms with Crippen LogP contribution in [-0.2, 0) is 9.84 Å². The van der Waals surface area contributed by atoms with Gasteiger partial charge in [0.25, 0.3) is 0 Å². The lowest BCUT2D eigenvalue weighted by atomic mass is 9.85. The van der Waals surface area contributed by atoms with E-state index in [2.05, 4.69) is 15.2 Å². The molecule has 140 valence electrons. The van der Waals surface area contributed by atoms with Crippen LogP contribution in [0.1, 0.15) is 31.4 Å². The Balaban J connectivity index is 1.48. The predicted molar refractivity (Wildman–Crippen MR) is 97.8 cm³/mol. The molecule has 2 fully saturated rings. The highest BCUT2D eigenvalue weighted by Gasteiger charge is 2.27. The van der Waals surface area contributed by atoms with E-state index in [0.717, 1.165) is 19.1 Å². The molecule has 1 aliphatic carbocycles. The van der Waals surface area contributed by atoms with Crippen LogP contribution in [0.25, 0.3) is 0 Å². The first-order valence-electron chi connectivity index (χ1n) is 9.19. The fraction of sp³-hybridized carbons (Fsp3) is 0.722. The number of hydrogen-bond acceptors (Lipinski definition) is 6. The van der Waals surface area contributed by atoms with Gasteiger partial charge >= 0.3 is 0 Å². The molecule has 2 heterocycles. The van der Waals surface area contributed by atoms with E-state index in [-0.39, 0.29) is 5.03 Å². The number of aromatic nitrogens is 1. The van der Waals surface area contributed by atoms with Gasteiger partial charge in [0.1, 0.15) is 5.75 Å². The van der Waals surface area contributed by atoms with E-state index >= 15 is 0 Å². The van der Waals surface area contributed by atoms with Gasteiger partial charge in [-0.2, -0.15) is 0 Å². The maximum absolute atomic E-state index is 11.6. The molecular formula is C18H29N3O3S. The van der Waals surface area contributed by atoms with Crippen molar-refractivity contribution in [2.45, 2.75) is 43.7 Å². The van der Waals surface area contributed by atoms with Crippen LogP contribution in [0.2, 0.25) is 0 Å². The van der Waals surface area contributed by atoms with E-state index in [1.54, 1.807) is 13.0 Å². The number of piperazine rings is 1. The summed E-state index contributed by atoms with van der Waals surface area (Å²) in [5.74, 6) is 1.27. The van der Waals surface area contributed by atoms with Crippen LogP contribution in [0, 0.1) is 12.8 Å². The summed E-state index contributed by atoms with van der Waals surface area (Å²) in [7, 11) is -3.27. The van der Waals surface area contributed by atoms with Gasteiger partial charge < -0.3 is 10.1 Å². The van der Waals surface area contributed by atoms with Crippen molar-refractivity contribution in [2.24, 2.45) is 5.92 Å². The van der Waals surface area contributed by atoms with Crippen molar-refractivity contribution in [3.8, 4) is 5.75 Å². The standard InChI is InChI=1S/C18H29N3O3S/c1-14-17(7-8-18(20-14)25(2,22)23)24-13-15-3-5-16(6-4-15)21-11-9-19-10-12-21/h7-8,15-16,19H,3-6,9-13H2,1-2H3. The van der Waals surface area contributed by atoms with Crippen molar-refractivity contribution in [3.63, 3.8) is 0 Å². The summed E-state index contributed by atoms with van der Waals surface area (Å²) in [4.78, 5) is 6.79. The van der Waals surface area contributed by atoms with Crippen LogP contribution >= 0.6 is 0 Å². The lowest BCUT2D eigenvalue weighted by Crippen LogP contribution is -2.49. The highest BCUT2D eigenvalue weighted by atomic mass is 32.2. The van der Waals surface area contributed by atoms with Gasteiger partial charge in [0, 0.05) is 38.5 Å². The van der Waals surface area contributed by atoms with Crippen molar-refractivity contribution < 1.29 is 13.2 Å². The van der Waals surface area contributed by atoms with Gasteiger partial charge in [0.15, 0.2) is 14.9 Å². The van der Waals surface area contributed by atoms with Crippen molar-refractivity contribution in [2.75, 3.05) is 39.0 Å². The Labute approximate surface area is 150 Å². The largest absolute Gasteiger partial charge is 0.491 e. The zero-order valence-electron chi connectivity index (χ0n) is 15.2. The lowest BCUT2D eigenvalue weighted by molar-refractivity contribution is 0.105. The molecule has 0 bridgehead atoms. The zero-order chi connectivity index (χ0) is 17.9. The Morgan fingerprint density at radius 2 is 1.88 bits per heavy atom. The molecular weight excluding hydrogens is 338 g/mol. The number of rotatable bonds is 5. The number of aryl methyl sites for hydroxylation is 1. The summed E-state index contributed by atoms with van der Waals surface area (Å²) in [6.07, 6.45) is 6.06. The van der Waals surface area contributed by atoms with Crippen LogP contribution < -0.4 is 10.1 Å². The molecule has 0 spiro atoms. The van der Waals surface area contributed by atoms with Crippen LogP contribution in [0.3, 0.4) is 0 Å². The van der Waals surface area contributed by atoms with E-state index in [4.69, 9.17) is 4.74 Å². The molecule has 1 aliphatic heterocycles. The second kappa shape index (κ2) is 8.01. The first kappa shape index (κ1) is 18.6. The van der Waals surface area contributed by atoms with E-state index in [1.165, 1.54) is 51.1 Å². The highest BCUT2D eigenvalue weighted by Crippen LogP contribution is 2.29. The van der Waals surface area contributed by atoms with Gasteiger partial charge in [-0.05, 0) is 50.7 Å². The molecule has 2 aliphatic rings. The monoisotopic (exact) mass is 367 g/mol. The minimum Gasteiger partial charge on any atom is -0.491 e. The molecule has 1 saturated heterocycles. The number of hydrogen-bond donors (Lipinski definition) is 1. The first-order valence-corrected chi connectivity index (χ1v) is 11.1. The molecule has 0 unspecified atom stereocenters. The van der Waals surface area contributed by atoms with Crippen molar-refractivity contribution >= 4 is 9.84 Å². The minimum atomic E-state index is -3.27.